The molecule has 0 spiro atoms. The molecule has 1 aromatic heterocycles. The average molecular weight is 445 g/mol. The van der Waals surface area contributed by atoms with Gasteiger partial charge in [-0.05, 0) is 61.4 Å². The van der Waals surface area contributed by atoms with Gasteiger partial charge in [-0.2, -0.15) is 5.10 Å². The molecule has 2 aromatic carbocycles. The maximum atomic E-state index is 13.0. The lowest BCUT2D eigenvalue weighted by Crippen LogP contribution is -2.42. The van der Waals surface area contributed by atoms with Crippen molar-refractivity contribution in [2.75, 3.05) is 38.7 Å². The molecule has 0 unspecified atom stereocenters. The van der Waals surface area contributed by atoms with Gasteiger partial charge in [-0.25, -0.2) is 4.68 Å². The van der Waals surface area contributed by atoms with E-state index in [1.165, 1.54) is 5.57 Å². The van der Waals surface area contributed by atoms with Crippen molar-refractivity contribution in [3.63, 3.8) is 0 Å². The van der Waals surface area contributed by atoms with E-state index in [0.717, 1.165) is 60.9 Å². The van der Waals surface area contributed by atoms with Gasteiger partial charge >= 0.3 is 0 Å². The SMILES string of the molecule is COc1cccc2c1OCC(CN1CCC[C@@H](C(=O)Nc3cccc(-n4cccn4)c3)C1)=C2. The molecule has 0 saturated carbocycles. The fraction of sp³-hybridized carbons (Fsp3) is 0.308. The zero-order valence-electron chi connectivity index (χ0n) is 18.7. The number of para-hydroxylation sites is 1. The highest BCUT2D eigenvalue weighted by molar-refractivity contribution is 5.93. The van der Waals surface area contributed by atoms with E-state index in [1.54, 1.807) is 18.0 Å². The van der Waals surface area contributed by atoms with Crippen LogP contribution in [0, 0.1) is 5.92 Å². The van der Waals surface area contributed by atoms with Crippen molar-refractivity contribution in [2.24, 2.45) is 5.92 Å². The molecule has 0 bridgehead atoms. The van der Waals surface area contributed by atoms with Gasteiger partial charge in [0.1, 0.15) is 6.61 Å². The Labute approximate surface area is 193 Å². The van der Waals surface area contributed by atoms with Crippen LogP contribution in [-0.2, 0) is 4.79 Å². The lowest BCUT2D eigenvalue weighted by Gasteiger charge is -2.33. The zero-order valence-corrected chi connectivity index (χ0v) is 18.7. The summed E-state index contributed by atoms with van der Waals surface area (Å²) in [6.45, 7) is 3.07. The highest BCUT2D eigenvalue weighted by Gasteiger charge is 2.27. The van der Waals surface area contributed by atoms with E-state index in [4.69, 9.17) is 9.47 Å². The van der Waals surface area contributed by atoms with Gasteiger partial charge in [0.05, 0.1) is 18.7 Å². The number of likely N-dealkylation sites (tertiary alicyclic amines) is 1. The predicted molar refractivity (Wildman–Crippen MR) is 128 cm³/mol. The molecular weight excluding hydrogens is 416 g/mol. The Balaban J connectivity index is 1.22. The number of nitrogens with zero attached hydrogens (tertiary/aromatic N) is 3. The van der Waals surface area contributed by atoms with E-state index in [0.29, 0.717) is 6.61 Å². The molecule has 1 amide bonds. The Hall–Kier alpha value is -3.58. The quantitative estimate of drug-likeness (QED) is 0.622. The van der Waals surface area contributed by atoms with Gasteiger partial charge in [0.15, 0.2) is 11.5 Å². The van der Waals surface area contributed by atoms with Gasteiger partial charge in [0.25, 0.3) is 0 Å². The first-order valence-electron chi connectivity index (χ1n) is 11.3. The smallest absolute Gasteiger partial charge is 0.228 e. The minimum absolute atomic E-state index is 0.0374. The summed E-state index contributed by atoms with van der Waals surface area (Å²) in [5.41, 5.74) is 3.96. The van der Waals surface area contributed by atoms with Gasteiger partial charge in [-0.1, -0.05) is 18.2 Å². The third kappa shape index (κ3) is 4.78. The molecule has 2 aliphatic heterocycles. The van der Waals surface area contributed by atoms with Crippen molar-refractivity contribution in [3.8, 4) is 17.2 Å². The minimum atomic E-state index is -0.0374. The van der Waals surface area contributed by atoms with Crippen LogP contribution in [0.3, 0.4) is 0 Å². The first-order chi connectivity index (χ1) is 16.2. The summed E-state index contributed by atoms with van der Waals surface area (Å²) >= 11 is 0. The summed E-state index contributed by atoms with van der Waals surface area (Å²) in [5, 5.41) is 7.36. The van der Waals surface area contributed by atoms with Crippen LogP contribution in [0.5, 0.6) is 11.5 Å². The molecule has 0 radical (unpaired) electrons. The number of hydrogen-bond acceptors (Lipinski definition) is 5. The number of fused-ring (bicyclic) bond motifs is 1. The summed E-state index contributed by atoms with van der Waals surface area (Å²) in [6.07, 6.45) is 7.72. The second kappa shape index (κ2) is 9.50. The fourth-order valence-electron chi connectivity index (χ4n) is 4.57. The number of carbonyl (C=O) groups is 1. The standard InChI is InChI=1S/C26H28N4O3/c1-32-24-10-2-6-20-14-19(18-33-25(20)24)16-29-12-4-7-21(17-29)26(31)28-22-8-3-9-23(15-22)30-13-5-11-27-30/h2-3,5-6,8-11,13-15,21H,4,7,12,16-18H2,1H3,(H,28,31)/t21-/m1/s1. The van der Waals surface area contributed by atoms with Crippen molar-refractivity contribution in [2.45, 2.75) is 12.8 Å². The molecule has 1 atom stereocenters. The highest BCUT2D eigenvalue weighted by atomic mass is 16.5. The predicted octanol–water partition coefficient (Wildman–Crippen LogP) is 4.01. The molecule has 0 aliphatic carbocycles. The molecule has 3 heterocycles. The van der Waals surface area contributed by atoms with Crippen molar-refractivity contribution in [1.82, 2.24) is 14.7 Å². The van der Waals surface area contributed by atoms with Crippen LogP contribution >= 0.6 is 0 Å². The van der Waals surface area contributed by atoms with Gasteiger partial charge in [-0.3, -0.25) is 9.69 Å². The van der Waals surface area contributed by atoms with Gasteiger partial charge in [0.2, 0.25) is 5.91 Å². The molecule has 170 valence electrons. The number of benzene rings is 2. The Morgan fingerprint density at radius 3 is 3.00 bits per heavy atom. The Bertz CT molecular complexity index is 1160. The molecule has 33 heavy (non-hydrogen) atoms. The van der Waals surface area contributed by atoms with Crippen LogP contribution in [0.15, 0.2) is 66.5 Å². The van der Waals surface area contributed by atoms with Gasteiger partial charge in [-0.15, -0.1) is 0 Å². The summed E-state index contributed by atoms with van der Waals surface area (Å²) in [6, 6.07) is 15.6. The van der Waals surface area contributed by atoms with E-state index in [2.05, 4.69) is 21.4 Å². The first kappa shape index (κ1) is 21.3. The molecule has 2 aliphatic rings. The van der Waals surface area contributed by atoms with Crippen molar-refractivity contribution in [1.29, 1.82) is 0 Å². The molecule has 7 nitrogen and oxygen atoms in total. The normalized spacial score (nSPS) is 18.1. The molecular formula is C26H28N4O3. The lowest BCUT2D eigenvalue weighted by atomic mass is 9.96. The van der Waals surface area contributed by atoms with Crippen LogP contribution in [0.2, 0.25) is 0 Å². The van der Waals surface area contributed by atoms with Gasteiger partial charge < -0.3 is 14.8 Å². The molecule has 1 fully saturated rings. The fourth-order valence-corrected chi connectivity index (χ4v) is 4.57. The second-order valence-electron chi connectivity index (χ2n) is 8.53. The highest BCUT2D eigenvalue weighted by Crippen LogP contribution is 2.35. The van der Waals surface area contributed by atoms with Crippen LogP contribution in [-0.4, -0.2) is 53.9 Å². The van der Waals surface area contributed by atoms with Crippen LogP contribution in [0.1, 0.15) is 18.4 Å². The number of rotatable bonds is 6. The second-order valence-corrected chi connectivity index (χ2v) is 8.53. The molecule has 1 N–H and O–H groups in total. The summed E-state index contributed by atoms with van der Waals surface area (Å²) in [5.74, 6) is 1.59. The first-order valence-corrected chi connectivity index (χ1v) is 11.3. The number of amides is 1. The Morgan fingerprint density at radius 1 is 1.24 bits per heavy atom. The monoisotopic (exact) mass is 444 g/mol. The topological polar surface area (TPSA) is 68.6 Å². The van der Waals surface area contributed by atoms with E-state index < -0.39 is 0 Å². The average Bonchev–Trinajstić information content (AvgIpc) is 3.39. The van der Waals surface area contributed by atoms with Gasteiger partial charge in [0, 0.05) is 36.7 Å². The molecule has 1 saturated heterocycles. The van der Waals surface area contributed by atoms with E-state index >= 15 is 0 Å². The minimum Gasteiger partial charge on any atom is -0.493 e. The van der Waals surface area contributed by atoms with E-state index in [-0.39, 0.29) is 11.8 Å². The zero-order chi connectivity index (χ0) is 22.6. The van der Waals surface area contributed by atoms with Crippen molar-refractivity contribution >= 4 is 17.7 Å². The third-order valence-corrected chi connectivity index (χ3v) is 6.18. The van der Waals surface area contributed by atoms with Crippen LogP contribution in [0.4, 0.5) is 5.69 Å². The van der Waals surface area contributed by atoms with Crippen LogP contribution < -0.4 is 14.8 Å². The summed E-state index contributed by atoms with van der Waals surface area (Å²) in [4.78, 5) is 15.4. The van der Waals surface area contributed by atoms with Crippen molar-refractivity contribution < 1.29 is 14.3 Å². The molecule has 3 aromatic rings. The maximum absolute atomic E-state index is 13.0. The number of piperidine rings is 1. The summed E-state index contributed by atoms with van der Waals surface area (Å²) < 4.78 is 13.2. The number of methoxy groups -OCH3 is 1. The molecule has 5 rings (SSSR count). The summed E-state index contributed by atoms with van der Waals surface area (Å²) in [7, 11) is 1.66. The van der Waals surface area contributed by atoms with E-state index in [9.17, 15) is 4.79 Å². The Kier molecular flexibility index (Phi) is 6.13. The number of nitrogens with one attached hydrogen (secondary N) is 1. The lowest BCUT2D eigenvalue weighted by molar-refractivity contribution is -0.121. The molecule has 7 heteroatoms. The Morgan fingerprint density at radius 2 is 2.15 bits per heavy atom. The maximum Gasteiger partial charge on any atom is 0.228 e. The number of anilines is 1. The third-order valence-electron chi connectivity index (χ3n) is 6.18. The number of aromatic nitrogens is 2. The largest absolute Gasteiger partial charge is 0.493 e. The number of hydrogen-bond donors (Lipinski definition) is 1. The van der Waals surface area contributed by atoms with Crippen molar-refractivity contribution in [3.05, 3.63) is 72.1 Å². The van der Waals surface area contributed by atoms with E-state index in [1.807, 2.05) is 54.7 Å². The number of ether oxygens (including phenoxy) is 2. The van der Waals surface area contributed by atoms with Crippen LogP contribution in [0.25, 0.3) is 11.8 Å². The number of carbonyl (C=O) groups excluding carboxylic acids is 1.